The number of hydrogen-bond donors (Lipinski definition) is 2. The summed E-state index contributed by atoms with van der Waals surface area (Å²) < 4.78 is 10.8. The van der Waals surface area contributed by atoms with Gasteiger partial charge in [-0.2, -0.15) is 0 Å². The normalized spacial score (nSPS) is 13.9. The average Bonchev–Trinajstić information content (AvgIpc) is 3.37. The molecule has 5 nitrogen and oxygen atoms in total. The van der Waals surface area contributed by atoms with Crippen LogP contribution in [0.1, 0.15) is 26.2 Å². The second-order valence-corrected chi connectivity index (χ2v) is 5.47. The Hall–Kier alpha value is -1.18. The molecule has 2 N–H and O–H groups in total. The van der Waals surface area contributed by atoms with E-state index in [1.54, 1.807) is 7.11 Å². The number of halogens is 1. The number of ether oxygens (including phenoxy) is 2. The van der Waals surface area contributed by atoms with E-state index in [2.05, 4.69) is 22.5 Å². The van der Waals surface area contributed by atoms with Gasteiger partial charge in [0.15, 0.2) is 5.96 Å². The van der Waals surface area contributed by atoms with Gasteiger partial charge in [0.2, 0.25) is 0 Å². The van der Waals surface area contributed by atoms with E-state index in [0.717, 1.165) is 49.4 Å². The smallest absolute Gasteiger partial charge is 0.191 e. The highest BCUT2D eigenvalue weighted by Crippen LogP contribution is 2.28. The summed E-state index contributed by atoms with van der Waals surface area (Å²) in [6, 6.07) is 7.66. The molecule has 2 rings (SSSR count). The fourth-order valence-corrected chi connectivity index (χ4v) is 2.00. The third-order valence-corrected chi connectivity index (χ3v) is 3.49. The van der Waals surface area contributed by atoms with Gasteiger partial charge < -0.3 is 20.1 Å². The number of benzene rings is 1. The lowest BCUT2D eigenvalue weighted by molar-refractivity contribution is 0.310. The molecule has 23 heavy (non-hydrogen) atoms. The molecule has 1 saturated carbocycles. The van der Waals surface area contributed by atoms with Crippen molar-refractivity contribution in [3.8, 4) is 11.5 Å². The van der Waals surface area contributed by atoms with Gasteiger partial charge in [0.25, 0.3) is 0 Å². The fraction of sp³-hybridized carbons (Fsp3) is 0.588. The molecule has 0 spiro atoms. The molecule has 0 heterocycles. The van der Waals surface area contributed by atoms with Gasteiger partial charge in [-0.25, -0.2) is 0 Å². The molecule has 0 amide bonds. The zero-order valence-corrected chi connectivity index (χ0v) is 16.3. The van der Waals surface area contributed by atoms with Crippen LogP contribution in [0.25, 0.3) is 0 Å². The molecule has 130 valence electrons. The zero-order chi connectivity index (χ0) is 15.6. The highest BCUT2D eigenvalue weighted by Gasteiger charge is 2.20. The predicted molar refractivity (Wildman–Crippen MR) is 105 cm³/mol. The van der Waals surface area contributed by atoms with Crippen LogP contribution >= 0.6 is 24.0 Å². The van der Waals surface area contributed by atoms with Gasteiger partial charge in [-0.15, -0.1) is 24.0 Å². The first-order valence-corrected chi connectivity index (χ1v) is 8.11. The molecule has 0 aliphatic heterocycles. The quantitative estimate of drug-likeness (QED) is 0.272. The summed E-state index contributed by atoms with van der Waals surface area (Å²) in [5.74, 6) is 3.44. The Morgan fingerprint density at radius 2 is 1.87 bits per heavy atom. The number of nitrogens with one attached hydrogen (secondary N) is 2. The minimum Gasteiger partial charge on any atom is -0.497 e. The molecule has 0 radical (unpaired) electrons. The van der Waals surface area contributed by atoms with E-state index >= 15 is 0 Å². The van der Waals surface area contributed by atoms with E-state index in [0.29, 0.717) is 6.61 Å². The SMILES string of the molecule is CCNC(=NCC1CC1)NCCCOc1ccc(OC)cc1.I. The third-order valence-electron chi connectivity index (χ3n) is 3.49. The lowest BCUT2D eigenvalue weighted by Crippen LogP contribution is -2.38. The number of methoxy groups -OCH3 is 1. The van der Waals surface area contributed by atoms with E-state index in [1.165, 1.54) is 12.8 Å². The monoisotopic (exact) mass is 433 g/mol. The Labute approximate surface area is 156 Å². The van der Waals surface area contributed by atoms with Crippen LogP contribution in [-0.4, -0.2) is 39.3 Å². The van der Waals surface area contributed by atoms with E-state index in [-0.39, 0.29) is 24.0 Å². The Kier molecular flexibility index (Phi) is 9.82. The Bertz CT molecular complexity index is 461. The largest absolute Gasteiger partial charge is 0.497 e. The number of aliphatic imine (C=N–C) groups is 1. The van der Waals surface area contributed by atoms with Crippen molar-refractivity contribution in [2.45, 2.75) is 26.2 Å². The maximum absolute atomic E-state index is 5.70. The van der Waals surface area contributed by atoms with Crippen molar-refractivity contribution in [1.82, 2.24) is 10.6 Å². The fourth-order valence-electron chi connectivity index (χ4n) is 2.00. The Morgan fingerprint density at radius 1 is 1.17 bits per heavy atom. The zero-order valence-electron chi connectivity index (χ0n) is 14.0. The van der Waals surface area contributed by atoms with Gasteiger partial charge in [-0.3, -0.25) is 4.99 Å². The summed E-state index contributed by atoms with van der Waals surface area (Å²) in [4.78, 5) is 4.59. The summed E-state index contributed by atoms with van der Waals surface area (Å²) in [6.07, 6.45) is 3.59. The van der Waals surface area contributed by atoms with Crippen LogP contribution in [0, 0.1) is 5.92 Å². The summed E-state index contributed by atoms with van der Waals surface area (Å²) >= 11 is 0. The third kappa shape index (κ3) is 8.29. The summed E-state index contributed by atoms with van der Waals surface area (Å²) in [5, 5.41) is 6.62. The molecular weight excluding hydrogens is 405 g/mol. The van der Waals surface area contributed by atoms with Crippen LogP contribution < -0.4 is 20.1 Å². The molecule has 0 atom stereocenters. The molecule has 1 aromatic rings. The highest BCUT2D eigenvalue weighted by molar-refractivity contribution is 14.0. The van der Waals surface area contributed by atoms with Gasteiger partial charge in [-0.05, 0) is 56.4 Å². The minimum absolute atomic E-state index is 0. The van der Waals surface area contributed by atoms with Crippen LogP contribution in [-0.2, 0) is 0 Å². The van der Waals surface area contributed by atoms with Gasteiger partial charge in [0, 0.05) is 19.6 Å². The second kappa shape index (κ2) is 11.4. The van der Waals surface area contributed by atoms with Gasteiger partial charge in [-0.1, -0.05) is 0 Å². The Balaban J connectivity index is 0.00000264. The molecule has 1 aromatic carbocycles. The predicted octanol–water partition coefficient (Wildman–Crippen LogP) is 3.05. The summed E-state index contributed by atoms with van der Waals surface area (Å²) in [5.41, 5.74) is 0. The topological polar surface area (TPSA) is 54.9 Å². The van der Waals surface area contributed by atoms with E-state index in [1.807, 2.05) is 24.3 Å². The van der Waals surface area contributed by atoms with Crippen molar-refractivity contribution in [1.29, 1.82) is 0 Å². The highest BCUT2D eigenvalue weighted by atomic mass is 127. The van der Waals surface area contributed by atoms with Crippen LogP contribution in [0.4, 0.5) is 0 Å². The van der Waals surface area contributed by atoms with Crippen LogP contribution in [0.15, 0.2) is 29.3 Å². The van der Waals surface area contributed by atoms with Crippen molar-refractivity contribution >= 4 is 29.9 Å². The molecule has 1 fully saturated rings. The first kappa shape index (κ1) is 19.9. The van der Waals surface area contributed by atoms with Crippen LogP contribution in [0.3, 0.4) is 0 Å². The molecule has 6 heteroatoms. The summed E-state index contributed by atoms with van der Waals surface area (Å²) in [6.45, 7) is 5.45. The van der Waals surface area contributed by atoms with Crippen molar-refractivity contribution in [3.05, 3.63) is 24.3 Å². The van der Waals surface area contributed by atoms with Gasteiger partial charge in [0.1, 0.15) is 11.5 Å². The van der Waals surface area contributed by atoms with Crippen molar-refractivity contribution in [2.24, 2.45) is 10.9 Å². The molecule has 1 aliphatic rings. The number of guanidine groups is 1. The number of hydrogen-bond acceptors (Lipinski definition) is 3. The Morgan fingerprint density at radius 3 is 2.48 bits per heavy atom. The second-order valence-electron chi connectivity index (χ2n) is 5.47. The first-order chi connectivity index (χ1) is 10.8. The van der Waals surface area contributed by atoms with Crippen LogP contribution in [0.5, 0.6) is 11.5 Å². The molecule has 0 unspecified atom stereocenters. The van der Waals surface area contributed by atoms with Crippen molar-refractivity contribution in [2.75, 3.05) is 33.4 Å². The average molecular weight is 433 g/mol. The first-order valence-electron chi connectivity index (χ1n) is 8.11. The van der Waals surface area contributed by atoms with Gasteiger partial charge >= 0.3 is 0 Å². The van der Waals surface area contributed by atoms with Gasteiger partial charge in [0.05, 0.1) is 13.7 Å². The van der Waals surface area contributed by atoms with E-state index < -0.39 is 0 Å². The van der Waals surface area contributed by atoms with Crippen LogP contribution in [0.2, 0.25) is 0 Å². The minimum atomic E-state index is 0. The number of nitrogens with zero attached hydrogens (tertiary/aromatic N) is 1. The van der Waals surface area contributed by atoms with Crippen molar-refractivity contribution in [3.63, 3.8) is 0 Å². The molecule has 1 aliphatic carbocycles. The van der Waals surface area contributed by atoms with E-state index in [4.69, 9.17) is 9.47 Å². The van der Waals surface area contributed by atoms with E-state index in [9.17, 15) is 0 Å². The number of rotatable bonds is 9. The summed E-state index contributed by atoms with van der Waals surface area (Å²) in [7, 11) is 1.66. The molecular formula is C17H28IN3O2. The maximum atomic E-state index is 5.70. The lowest BCUT2D eigenvalue weighted by atomic mass is 10.3. The molecule has 0 saturated heterocycles. The maximum Gasteiger partial charge on any atom is 0.191 e. The molecule has 0 bridgehead atoms. The lowest BCUT2D eigenvalue weighted by Gasteiger charge is -2.11. The molecule has 0 aromatic heterocycles. The standard InChI is InChI=1S/C17H27N3O2.HI/c1-3-18-17(20-13-14-5-6-14)19-11-4-12-22-16-9-7-15(21-2)8-10-16;/h7-10,14H,3-6,11-13H2,1-2H3,(H2,18,19,20);1H. The van der Waals surface area contributed by atoms with Crippen molar-refractivity contribution < 1.29 is 9.47 Å².